The summed E-state index contributed by atoms with van der Waals surface area (Å²) in [6.45, 7) is 0. The molecule has 0 saturated carbocycles. The van der Waals surface area contributed by atoms with Crippen LogP contribution in [0.25, 0.3) is 76.5 Å². The molecule has 0 bridgehead atoms. The third-order valence-corrected chi connectivity index (χ3v) is 10.6. The zero-order valence-corrected chi connectivity index (χ0v) is 29.2. The van der Waals surface area contributed by atoms with Crippen LogP contribution in [0.4, 0.5) is 17.1 Å². The standard InChI is InChI=1S/C52H35N/c1-2-16-40(17-3-1)51-49-24-10-8-22-47(49)48-23-9-11-25-50(48)52(51)53(41-32-28-38(29-33-41)45-26-12-18-36-14-4-6-20-43(36)45)42-34-30-39(31-35-42)46-27-13-19-37-15-5-7-21-44(37)46/h1-35H. The fourth-order valence-electron chi connectivity index (χ4n) is 8.19. The summed E-state index contributed by atoms with van der Waals surface area (Å²) in [5, 5.41) is 9.95. The monoisotopic (exact) mass is 673 g/mol. The third-order valence-electron chi connectivity index (χ3n) is 10.6. The van der Waals surface area contributed by atoms with Crippen LogP contribution in [0.1, 0.15) is 0 Å². The number of benzene rings is 10. The number of hydrogen-bond donors (Lipinski definition) is 0. The van der Waals surface area contributed by atoms with Gasteiger partial charge in [-0.05, 0) is 89.8 Å². The molecule has 1 nitrogen and oxygen atoms in total. The summed E-state index contributed by atoms with van der Waals surface area (Å²) in [5.41, 5.74) is 10.6. The lowest BCUT2D eigenvalue weighted by Gasteiger charge is -2.31. The smallest absolute Gasteiger partial charge is 0.0624 e. The van der Waals surface area contributed by atoms with Crippen LogP contribution in [0.5, 0.6) is 0 Å². The van der Waals surface area contributed by atoms with E-state index in [9.17, 15) is 0 Å². The van der Waals surface area contributed by atoms with Crippen LogP contribution >= 0.6 is 0 Å². The molecule has 0 N–H and O–H groups in total. The quantitative estimate of drug-likeness (QED) is 0.159. The fraction of sp³-hybridized carbons (Fsp3) is 0. The molecule has 0 amide bonds. The van der Waals surface area contributed by atoms with E-state index in [1.807, 2.05) is 0 Å². The molecule has 0 spiro atoms. The van der Waals surface area contributed by atoms with Crippen LogP contribution in [0.2, 0.25) is 0 Å². The highest BCUT2D eigenvalue weighted by Crippen LogP contribution is 2.49. The molecule has 0 unspecified atom stereocenters. The molecule has 0 aliphatic rings. The molecule has 53 heavy (non-hydrogen) atoms. The van der Waals surface area contributed by atoms with Crippen LogP contribution < -0.4 is 4.90 Å². The third kappa shape index (κ3) is 5.34. The first-order valence-corrected chi connectivity index (χ1v) is 18.3. The van der Waals surface area contributed by atoms with E-state index in [4.69, 9.17) is 0 Å². The van der Waals surface area contributed by atoms with E-state index >= 15 is 0 Å². The van der Waals surface area contributed by atoms with Gasteiger partial charge in [-0.1, -0.05) is 188 Å². The number of rotatable bonds is 6. The van der Waals surface area contributed by atoms with Crippen molar-refractivity contribution in [2.75, 3.05) is 4.90 Å². The van der Waals surface area contributed by atoms with Gasteiger partial charge in [0.15, 0.2) is 0 Å². The highest BCUT2D eigenvalue weighted by molar-refractivity contribution is 6.22. The largest absolute Gasteiger partial charge is 0.309 e. The summed E-state index contributed by atoms with van der Waals surface area (Å²) in [6, 6.07) is 77.3. The molecule has 0 atom stereocenters. The molecule has 0 aliphatic heterocycles. The Morgan fingerprint density at radius 1 is 0.245 bits per heavy atom. The SMILES string of the molecule is c1ccc(-c2c(N(c3ccc(-c4cccc5ccccc45)cc3)c3ccc(-c4cccc5ccccc45)cc3)c3ccccc3c3ccccc23)cc1. The molecular formula is C52H35N. The molecule has 0 fully saturated rings. The molecule has 248 valence electrons. The summed E-state index contributed by atoms with van der Waals surface area (Å²) in [4.78, 5) is 2.47. The lowest BCUT2D eigenvalue weighted by atomic mass is 9.90. The zero-order chi connectivity index (χ0) is 35.1. The van der Waals surface area contributed by atoms with Gasteiger partial charge in [0.1, 0.15) is 0 Å². The lowest BCUT2D eigenvalue weighted by Crippen LogP contribution is -2.12. The minimum atomic E-state index is 1.10. The first kappa shape index (κ1) is 30.8. The summed E-state index contributed by atoms with van der Waals surface area (Å²) >= 11 is 0. The second kappa shape index (κ2) is 13.0. The van der Waals surface area contributed by atoms with Gasteiger partial charge in [-0.3, -0.25) is 0 Å². The number of anilines is 3. The molecule has 10 aromatic carbocycles. The minimum absolute atomic E-state index is 1.10. The number of fused-ring (bicyclic) bond motifs is 5. The Morgan fingerprint density at radius 3 is 1.17 bits per heavy atom. The Morgan fingerprint density at radius 2 is 0.642 bits per heavy atom. The van der Waals surface area contributed by atoms with Crippen molar-refractivity contribution in [3.63, 3.8) is 0 Å². The topological polar surface area (TPSA) is 3.24 Å². The van der Waals surface area contributed by atoms with Crippen molar-refractivity contribution in [1.82, 2.24) is 0 Å². The summed E-state index contributed by atoms with van der Waals surface area (Å²) in [7, 11) is 0. The summed E-state index contributed by atoms with van der Waals surface area (Å²) in [5.74, 6) is 0. The maximum absolute atomic E-state index is 2.47. The van der Waals surface area contributed by atoms with Gasteiger partial charge in [0.05, 0.1) is 5.69 Å². The Labute approximate surface area is 309 Å². The van der Waals surface area contributed by atoms with Gasteiger partial charge in [-0.25, -0.2) is 0 Å². The van der Waals surface area contributed by atoms with E-state index in [0.717, 1.165) is 11.4 Å². The van der Waals surface area contributed by atoms with Crippen LogP contribution in [-0.2, 0) is 0 Å². The van der Waals surface area contributed by atoms with Crippen LogP contribution in [0.3, 0.4) is 0 Å². The Kier molecular flexibility index (Phi) is 7.55. The highest BCUT2D eigenvalue weighted by Gasteiger charge is 2.23. The molecule has 1 heteroatoms. The van der Waals surface area contributed by atoms with E-state index < -0.39 is 0 Å². The minimum Gasteiger partial charge on any atom is -0.309 e. The van der Waals surface area contributed by atoms with Gasteiger partial charge in [0, 0.05) is 22.3 Å². The van der Waals surface area contributed by atoms with Gasteiger partial charge in [0.2, 0.25) is 0 Å². The van der Waals surface area contributed by atoms with Crippen molar-refractivity contribution in [2.45, 2.75) is 0 Å². The summed E-state index contributed by atoms with van der Waals surface area (Å²) < 4.78 is 0. The molecular weight excluding hydrogens is 639 g/mol. The normalized spacial score (nSPS) is 11.4. The van der Waals surface area contributed by atoms with Gasteiger partial charge in [-0.15, -0.1) is 0 Å². The van der Waals surface area contributed by atoms with E-state index in [1.54, 1.807) is 0 Å². The van der Waals surface area contributed by atoms with Crippen molar-refractivity contribution >= 4 is 60.2 Å². The summed E-state index contributed by atoms with van der Waals surface area (Å²) in [6.07, 6.45) is 0. The maximum Gasteiger partial charge on any atom is 0.0624 e. The van der Waals surface area contributed by atoms with E-state index in [2.05, 4.69) is 217 Å². The molecule has 10 rings (SSSR count). The Balaban J connectivity index is 1.23. The Hall–Kier alpha value is -6.96. The molecule has 0 aliphatic carbocycles. The van der Waals surface area contributed by atoms with Crippen LogP contribution in [0.15, 0.2) is 212 Å². The van der Waals surface area contributed by atoms with E-state index in [-0.39, 0.29) is 0 Å². The first-order valence-electron chi connectivity index (χ1n) is 18.3. The molecule has 10 aromatic rings. The van der Waals surface area contributed by atoms with Gasteiger partial charge >= 0.3 is 0 Å². The average molecular weight is 674 g/mol. The fourth-order valence-corrected chi connectivity index (χ4v) is 8.19. The van der Waals surface area contributed by atoms with Crippen LogP contribution in [0, 0.1) is 0 Å². The van der Waals surface area contributed by atoms with Crippen molar-refractivity contribution in [3.05, 3.63) is 212 Å². The first-order chi connectivity index (χ1) is 26.3. The predicted octanol–water partition coefficient (Wildman–Crippen LogP) is 14.8. The number of hydrogen-bond acceptors (Lipinski definition) is 1. The zero-order valence-electron chi connectivity index (χ0n) is 29.2. The van der Waals surface area contributed by atoms with E-state index in [1.165, 1.54) is 82.2 Å². The molecule has 0 aromatic heterocycles. The second-order valence-electron chi connectivity index (χ2n) is 13.7. The lowest BCUT2D eigenvalue weighted by molar-refractivity contribution is 1.30. The van der Waals surface area contributed by atoms with Gasteiger partial charge in [0.25, 0.3) is 0 Å². The highest BCUT2D eigenvalue weighted by atomic mass is 15.1. The Bertz CT molecular complexity index is 2790. The van der Waals surface area contributed by atoms with Crippen molar-refractivity contribution in [3.8, 4) is 33.4 Å². The molecule has 0 saturated heterocycles. The second-order valence-corrected chi connectivity index (χ2v) is 13.7. The van der Waals surface area contributed by atoms with E-state index in [0.29, 0.717) is 0 Å². The molecule has 0 radical (unpaired) electrons. The predicted molar refractivity (Wildman–Crippen MR) is 227 cm³/mol. The maximum atomic E-state index is 2.47. The van der Waals surface area contributed by atoms with Crippen LogP contribution in [-0.4, -0.2) is 0 Å². The van der Waals surface area contributed by atoms with Crippen molar-refractivity contribution < 1.29 is 0 Å². The van der Waals surface area contributed by atoms with Gasteiger partial charge in [-0.2, -0.15) is 0 Å². The average Bonchev–Trinajstić information content (AvgIpc) is 3.24. The van der Waals surface area contributed by atoms with Crippen molar-refractivity contribution in [2.24, 2.45) is 0 Å². The van der Waals surface area contributed by atoms with Gasteiger partial charge < -0.3 is 4.90 Å². The molecule has 0 heterocycles. The number of nitrogens with zero attached hydrogens (tertiary/aromatic N) is 1. The van der Waals surface area contributed by atoms with Crippen molar-refractivity contribution in [1.29, 1.82) is 0 Å².